The van der Waals surface area contributed by atoms with Gasteiger partial charge in [-0.1, -0.05) is 0 Å². The first kappa shape index (κ1) is 9.53. The Bertz CT molecular complexity index is 485. The molecule has 0 atom stereocenters. The lowest BCUT2D eigenvalue weighted by molar-refractivity contribution is 0.476. The average Bonchev–Trinajstić information content (AvgIpc) is 2.82. The molecule has 1 aliphatic rings. The van der Waals surface area contributed by atoms with Crippen molar-refractivity contribution in [3.8, 4) is 11.5 Å². The number of aromatic amines is 1. The zero-order chi connectivity index (χ0) is 11.0. The normalized spacial score (nSPS) is 15.6. The summed E-state index contributed by atoms with van der Waals surface area (Å²) in [4.78, 5) is 0. The smallest absolute Gasteiger partial charge is 0.251 e. The number of aryl methyl sites for hydroxylation is 1. The van der Waals surface area contributed by atoms with Crippen LogP contribution in [0.3, 0.4) is 0 Å². The van der Waals surface area contributed by atoms with Crippen molar-refractivity contribution in [1.29, 1.82) is 0 Å². The summed E-state index contributed by atoms with van der Waals surface area (Å²) in [5.41, 5.74) is 1.80. The molecule has 0 aliphatic heterocycles. The maximum Gasteiger partial charge on any atom is 0.251 e. The van der Waals surface area contributed by atoms with Gasteiger partial charge in [0, 0.05) is 11.7 Å². The SMILES string of the molecule is Cc1[nH]ncc1-c1nnc(CNC2CC2)o1. The van der Waals surface area contributed by atoms with Gasteiger partial charge in [0.05, 0.1) is 18.3 Å². The Morgan fingerprint density at radius 1 is 1.50 bits per heavy atom. The summed E-state index contributed by atoms with van der Waals surface area (Å²) >= 11 is 0. The van der Waals surface area contributed by atoms with E-state index in [2.05, 4.69) is 25.7 Å². The Hall–Kier alpha value is -1.69. The molecule has 2 aromatic heterocycles. The van der Waals surface area contributed by atoms with Crippen LogP contribution in [0.2, 0.25) is 0 Å². The molecule has 0 amide bonds. The fraction of sp³-hybridized carbons (Fsp3) is 0.500. The van der Waals surface area contributed by atoms with Crippen LogP contribution < -0.4 is 5.32 Å². The standard InChI is InChI=1S/C10H13N5O/c1-6-8(4-12-13-6)10-15-14-9(16-10)5-11-7-2-3-7/h4,7,11H,2-3,5H2,1H3,(H,12,13). The van der Waals surface area contributed by atoms with Gasteiger partial charge in [-0.05, 0) is 19.8 Å². The number of hydrogen-bond acceptors (Lipinski definition) is 5. The van der Waals surface area contributed by atoms with Gasteiger partial charge in [-0.15, -0.1) is 10.2 Å². The summed E-state index contributed by atoms with van der Waals surface area (Å²) in [5.74, 6) is 1.15. The van der Waals surface area contributed by atoms with Crippen LogP contribution in [-0.4, -0.2) is 26.4 Å². The van der Waals surface area contributed by atoms with E-state index in [0.29, 0.717) is 24.4 Å². The van der Waals surface area contributed by atoms with Crippen LogP contribution in [0.5, 0.6) is 0 Å². The molecule has 1 aliphatic carbocycles. The molecule has 0 radical (unpaired) electrons. The molecule has 0 unspecified atom stereocenters. The number of H-pyrrole nitrogens is 1. The molecule has 2 aromatic rings. The zero-order valence-electron chi connectivity index (χ0n) is 9.03. The second kappa shape index (κ2) is 3.71. The highest BCUT2D eigenvalue weighted by atomic mass is 16.4. The first-order valence-electron chi connectivity index (χ1n) is 5.39. The second-order valence-corrected chi connectivity index (χ2v) is 4.06. The first-order valence-corrected chi connectivity index (χ1v) is 5.39. The molecule has 16 heavy (non-hydrogen) atoms. The van der Waals surface area contributed by atoms with E-state index in [9.17, 15) is 0 Å². The van der Waals surface area contributed by atoms with E-state index in [0.717, 1.165) is 11.3 Å². The molecule has 84 valence electrons. The van der Waals surface area contributed by atoms with Crippen LogP contribution in [0.15, 0.2) is 10.6 Å². The molecule has 1 saturated carbocycles. The van der Waals surface area contributed by atoms with Crippen LogP contribution in [0.1, 0.15) is 24.4 Å². The molecule has 0 spiro atoms. The minimum atomic E-state index is 0.527. The minimum Gasteiger partial charge on any atom is -0.419 e. The van der Waals surface area contributed by atoms with E-state index in [-0.39, 0.29) is 0 Å². The van der Waals surface area contributed by atoms with Crippen LogP contribution in [-0.2, 0) is 6.54 Å². The largest absolute Gasteiger partial charge is 0.419 e. The maximum atomic E-state index is 5.54. The quantitative estimate of drug-likeness (QED) is 0.802. The third-order valence-corrected chi connectivity index (χ3v) is 2.65. The Kier molecular flexibility index (Phi) is 2.21. The van der Waals surface area contributed by atoms with Crippen LogP contribution in [0, 0.1) is 6.92 Å². The van der Waals surface area contributed by atoms with Crippen molar-refractivity contribution in [2.24, 2.45) is 0 Å². The van der Waals surface area contributed by atoms with Crippen molar-refractivity contribution < 1.29 is 4.42 Å². The van der Waals surface area contributed by atoms with E-state index >= 15 is 0 Å². The number of nitrogens with one attached hydrogen (secondary N) is 2. The fourth-order valence-corrected chi connectivity index (χ4v) is 1.52. The summed E-state index contributed by atoms with van der Waals surface area (Å²) in [6.45, 7) is 2.57. The first-order chi connectivity index (χ1) is 7.83. The van der Waals surface area contributed by atoms with E-state index < -0.39 is 0 Å². The number of nitrogens with zero attached hydrogens (tertiary/aromatic N) is 3. The van der Waals surface area contributed by atoms with E-state index in [1.165, 1.54) is 12.8 Å². The molecule has 0 saturated heterocycles. The molecule has 0 aromatic carbocycles. The predicted octanol–water partition coefficient (Wildman–Crippen LogP) is 1.02. The number of aromatic nitrogens is 4. The monoisotopic (exact) mass is 219 g/mol. The van der Waals surface area contributed by atoms with Crippen molar-refractivity contribution in [2.75, 3.05) is 0 Å². The van der Waals surface area contributed by atoms with E-state index in [1.54, 1.807) is 6.20 Å². The number of hydrogen-bond donors (Lipinski definition) is 2. The molecule has 3 rings (SSSR count). The predicted molar refractivity (Wildman–Crippen MR) is 56.5 cm³/mol. The van der Waals surface area contributed by atoms with Crippen molar-refractivity contribution >= 4 is 0 Å². The third kappa shape index (κ3) is 1.83. The van der Waals surface area contributed by atoms with Gasteiger partial charge in [-0.2, -0.15) is 5.10 Å². The Morgan fingerprint density at radius 3 is 3.06 bits per heavy atom. The Morgan fingerprint density at radius 2 is 2.38 bits per heavy atom. The Labute approximate surface area is 92.5 Å². The van der Waals surface area contributed by atoms with Gasteiger partial charge in [0.1, 0.15) is 0 Å². The highest BCUT2D eigenvalue weighted by molar-refractivity contribution is 5.53. The number of rotatable bonds is 4. The van der Waals surface area contributed by atoms with Crippen molar-refractivity contribution in [3.05, 3.63) is 17.8 Å². The highest BCUT2D eigenvalue weighted by Gasteiger charge is 2.21. The van der Waals surface area contributed by atoms with Gasteiger partial charge in [-0.3, -0.25) is 5.10 Å². The summed E-state index contributed by atoms with van der Waals surface area (Å²) < 4.78 is 5.54. The molecular formula is C10H13N5O. The average molecular weight is 219 g/mol. The third-order valence-electron chi connectivity index (χ3n) is 2.65. The van der Waals surface area contributed by atoms with Gasteiger partial charge in [-0.25, -0.2) is 0 Å². The molecule has 1 fully saturated rings. The van der Waals surface area contributed by atoms with E-state index in [4.69, 9.17) is 4.42 Å². The molecule has 6 nitrogen and oxygen atoms in total. The van der Waals surface area contributed by atoms with Gasteiger partial charge in [0.15, 0.2) is 0 Å². The van der Waals surface area contributed by atoms with Crippen LogP contribution in [0.4, 0.5) is 0 Å². The zero-order valence-corrected chi connectivity index (χ0v) is 9.03. The highest BCUT2D eigenvalue weighted by Crippen LogP contribution is 2.21. The second-order valence-electron chi connectivity index (χ2n) is 4.06. The van der Waals surface area contributed by atoms with Gasteiger partial charge in [0.2, 0.25) is 5.89 Å². The molecular weight excluding hydrogens is 206 g/mol. The van der Waals surface area contributed by atoms with Gasteiger partial charge < -0.3 is 9.73 Å². The summed E-state index contributed by atoms with van der Waals surface area (Å²) in [6, 6.07) is 0.644. The summed E-state index contributed by atoms with van der Waals surface area (Å²) in [5, 5.41) is 18.1. The minimum absolute atomic E-state index is 0.527. The van der Waals surface area contributed by atoms with Gasteiger partial charge >= 0.3 is 0 Å². The fourth-order valence-electron chi connectivity index (χ4n) is 1.52. The van der Waals surface area contributed by atoms with Crippen molar-refractivity contribution in [3.63, 3.8) is 0 Å². The molecule has 2 N–H and O–H groups in total. The van der Waals surface area contributed by atoms with Gasteiger partial charge in [0.25, 0.3) is 5.89 Å². The lowest BCUT2D eigenvalue weighted by Gasteiger charge is -1.95. The van der Waals surface area contributed by atoms with E-state index in [1.807, 2.05) is 6.92 Å². The van der Waals surface area contributed by atoms with Crippen LogP contribution >= 0.6 is 0 Å². The summed E-state index contributed by atoms with van der Waals surface area (Å²) in [7, 11) is 0. The van der Waals surface area contributed by atoms with Crippen molar-refractivity contribution in [2.45, 2.75) is 32.4 Å². The lowest BCUT2D eigenvalue weighted by Crippen LogP contribution is -2.15. The molecule has 6 heteroatoms. The Balaban J connectivity index is 1.74. The van der Waals surface area contributed by atoms with Crippen molar-refractivity contribution in [1.82, 2.24) is 25.7 Å². The molecule has 2 heterocycles. The maximum absolute atomic E-state index is 5.54. The summed E-state index contributed by atoms with van der Waals surface area (Å²) in [6.07, 6.45) is 4.20. The van der Waals surface area contributed by atoms with Crippen LogP contribution in [0.25, 0.3) is 11.5 Å². The topological polar surface area (TPSA) is 79.6 Å². The molecule has 0 bridgehead atoms. The lowest BCUT2D eigenvalue weighted by atomic mass is 10.3.